The molecule has 5 heteroatoms. The number of nitrogens with one attached hydrogen (secondary N) is 1. The number of aromatic nitrogens is 3. The molecule has 0 bridgehead atoms. The second-order valence-corrected chi connectivity index (χ2v) is 1.41. The molecule has 0 aliphatic rings. The quantitative estimate of drug-likeness (QED) is 0.366. The number of nitrogens with two attached hydrogens (primary N) is 1. The first-order valence-electron chi connectivity index (χ1n) is 2.15. The summed E-state index contributed by atoms with van der Waals surface area (Å²) in [4.78, 5) is 0. The van der Waals surface area contributed by atoms with Crippen molar-refractivity contribution in [3.63, 3.8) is 0 Å². The van der Waals surface area contributed by atoms with E-state index >= 15 is 0 Å². The van der Waals surface area contributed by atoms with Crippen LogP contribution in [-0.4, -0.2) is 14.8 Å². The average molecular weight is 113 g/mol. The van der Waals surface area contributed by atoms with Gasteiger partial charge < -0.3 is 4.57 Å². The molecule has 0 unspecified atom stereocenters. The summed E-state index contributed by atoms with van der Waals surface area (Å²) >= 11 is 0. The van der Waals surface area contributed by atoms with E-state index in [9.17, 15) is 0 Å². The highest BCUT2D eigenvalue weighted by molar-refractivity contribution is 5.19. The molecule has 0 atom stereocenters. The van der Waals surface area contributed by atoms with E-state index in [4.69, 9.17) is 5.84 Å². The lowest BCUT2D eigenvalue weighted by Crippen LogP contribution is -2.11. The van der Waals surface area contributed by atoms with Crippen LogP contribution in [0.15, 0.2) is 6.33 Å². The van der Waals surface area contributed by atoms with Crippen molar-refractivity contribution in [3.8, 4) is 0 Å². The maximum Gasteiger partial charge on any atom is 0.238 e. The van der Waals surface area contributed by atoms with Crippen molar-refractivity contribution in [1.82, 2.24) is 14.8 Å². The Balaban J connectivity index is 2.92. The Morgan fingerprint density at radius 3 is 2.88 bits per heavy atom. The van der Waals surface area contributed by atoms with E-state index in [2.05, 4.69) is 15.6 Å². The second kappa shape index (κ2) is 1.79. The van der Waals surface area contributed by atoms with Gasteiger partial charge in [0.25, 0.3) is 0 Å². The van der Waals surface area contributed by atoms with Crippen molar-refractivity contribution in [2.45, 2.75) is 0 Å². The highest BCUT2D eigenvalue weighted by Crippen LogP contribution is 1.92. The zero-order valence-corrected chi connectivity index (χ0v) is 4.50. The third-order valence-corrected chi connectivity index (χ3v) is 0.840. The number of rotatable bonds is 1. The summed E-state index contributed by atoms with van der Waals surface area (Å²) in [5.74, 6) is 5.58. The number of anilines is 1. The summed E-state index contributed by atoms with van der Waals surface area (Å²) < 4.78 is 1.68. The van der Waals surface area contributed by atoms with Crippen LogP contribution in [-0.2, 0) is 7.05 Å². The second-order valence-electron chi connectivity index (χ2n) is 1.41. The van der Waals surface area contributed by atoms with Crippen LogP contribution >= 0.6 is 0 Å². The Kier molecular flexibility index (Phi) is 1.13. The summed E-state index contributed by atoms with van der Waals surface area (Å²) in [7, 11) is 1.80. The summed E-state index contributed by atoms with van der Waals surface area (Å²) in [5, 5.41) is 7.17. The monoisotopic (exact) mass is 113 g/mol. The summed E-state index contributed by atoms with van der Waals surface area (Å²) in [6.07, 6.45) is 1.56. The molecule has 0 aliphatic carbocycles. The predicted molar refractivity (Wildman–Crippen MR) is 28.8 cm³/mol. The number of hydrogen-bond donors (Lipinski definition) is 2. The molecule has 0 fully saturated rings. The lowest BCUT2D eigenvalue weighted by Gasteiger charge is -1.93. The summed E-state index contributed by atoms with van der Waals surface area (Å²) in [6, 6.07) is 0. The lowest BCUT2D eigenvalue weighted by molar-refractivity contribution is 0.908. The molecule has 0 saturated carbocycles. The SMILES string of the molecule is Cn1cnnc1NN. The van der Waals surface area contributed by atoms with Gasteiger partial charge in [0.2, 0.25) is 5.95 Å². The highest BCUT2D eigenvalue weighted by Gasteiger charge is 1.91. The highest BCUT2D eigenvalue weighted by atomic mass is 15.4. The van der Waals surface area contributed by atoms with E-state index in [1.165, 1.54) is 0 Å². The molecule has 1 aromatic heterocycles. The minimum absolute atomic E-state index is 0.560. The largest absolute Gasteiger partial charge is 0.302 e. The molecule has 1 rings (SSSR count). The van der Waals surface area contributed by atoms with Gasteiger partial charge in [-0.25, -0.2) is 5.84 Å². The first-order valence-corrected chi connectivity index (χ1v) is 2.15. The Labute approximate surface area is 46.5 Å². The minimum Gasteiger partial charge on any atom is -0.302 e. The van der Waals surface area contributed by atoms with E-state index in [1.807, 2.05) is 0 Å². The van der Waals surface area contributed by atoms with Crippen molar-refractivity contribution >= 4 is 5.95 Å². The van der Waals surface area contributed by atoms with Crippen LogP contribution in [0.4, 0.5) is 5.95 Å². The van der Waals surface area contributed by atoms with Gasteiger partial charge in [-0.05, 0) is 0 Å². The molecule has 3 N–H and O–H groups in total. The molecular weight excluding hydrogens is 106 g/mol. The zero-order chi connectivity index (χ0) is 5.98. The smallest absolute Gasteiger partial charge is 0.238 e. The molecule has 0 saturated heterocycles. The van der Waals surface area contributed by atoms with Crippen LogP contribution in [0.5, 0.6) is 0 Å². The van der Waals surface area contributed by atoms with Gasteiger partial charge in [0.05, 0.1) is 0 Å². The van der Waals surface area contributed by atoms with Crippen LogP contribution in [0.3, 0.4) is 0 Å². The number of nitrogen functional groups attached to an aromatic ring is 1. The van der Waals surface area contributed by atoms with Crippen LogP contribution < -0.4 is 11.3 Å². The Morgan fingerprint density at radius 2 is 2.62 bits per heavy atom. The molecule has 5 nitrogen and oxygen atoms in total. The van der Waals surface area contributed by atoms with Gasteiger partial charge >= 0.3 is 0 Å². The molecule has 0 radical (unpaired) electrons. The minimum atomic E-state index is 0.560. The van der Waals surface area contributed by atoms with Crippen LogP contribution in [0.25, 0.3) is 0 Å². The van der Waals surface area contributed by atoms with Crippen LogP contribution in [0.1, 0.15) is 0 Å². The molecular formula is C3H7N5. The van der Waals surface area contributed by atoms with Crippen molar-refractivity contribution < 1.29 is 0 Å². The standard InChI is InChI=1S/C3H7N5/c1-8-2-5-7-3(8)6-4/h2H,4H2,1H3,(H,6,7). The first kappa shape index (κ1) is 5.04. The van der Waals surface area contributed by atoms with Gasteiger partial charge in [0.15, 0.2) is 0 Å². The molecule has 8 heavy (non-hydrogen) atoms. The summed E-state index contributed by atoms with van der Waals surface area (Å²) in [6.45, 7) is 0. The van der Waals surface area contributed by atoms with E-state index < -0.39 is 0 Å². The van der Waals surface area contributed by atoms with Gasteiger partial charge in [-0.3, -0.25) is 5.43 Å². The number of hydrogen-bond acceptors (Lipinski definition) is 4. The maximum absolute atomic E-state index is 5.02. The zero-order valence-electron chi connectivity index (χ0n) is 4.50. The number of aryl methyl sites for hydroxylation is 1. The van der Waals surface area contributed by atoms with Gasteiger partial charge in [0.1, 0.15) is 6.33 Å². The number of nitrogens with zero attached hydrogens (tertiary/aromatic N) is 3. The molecule has 1 heterocycles. The fourth-order valence-corrected chi connectivity index (χ4v) is 0.414. The molecule has 0 aromatic carbocycles. The topological polar surface area (TPSA) is 68.8 Å². The predicted octanol–water partition coefficient (Wildman–Crippen LogP) is -0.899. The third-order valence-electron chi connectivity index (χ3n) is 0.840. The van der Waals surface area contributed by atoms with E-state index in [0.29, 0.717) is 5.95 Å². The number of hydrazine groups is 1. The Hall–Kier alpha value is -1.10. The van der Waals surface area contributed by atoms with Gasteiger partial charge in [-0.15, -0.1) is 10.2 Å². The molecule has 44 valence electrons. The maximum atomic E-state index is 5.02. The summed E-state index contributed by atoms with van der Waals surface area (Å²) in [5.41, 5.74) is 2.36. The normalized spacial score (nSPS) is 9.25. The third kappa shape index (κ3) is 0.627. The van der Waals surface area contributed by atoms with Gasteiger partial charge in [-0.2, -0.15) is 0 Å². The fourth-order valence-electron chi connectivity index (χ4n) is 0.414. The molecule has 1 aromatic rings. The molecule has 0 spiro atoms. The molecule has 0 aliphatic heterocycles. The van der Waals surface area contributed by atoms with Crippen LogP contribution in [0, 0.1) is 0 Å². The van der Waals surface area contributed by atoms with E-state index in [1.54, 1.807) is 17.9 Å². The lowest BCUT2D eigenvalue weighted by atomic mass is 11.0. The Morgan fingerprint density at radius 1 is 1.88 bits per heavy atom. The van der Waals surface area contributed by atoms with Crippen molar-refractivity contribution in [1.29, 1.82) is 0 Å². The van der Waals surface area contributed by atoms with Gasteiger partial charge in [-0.1, -0.05) is 0 Å². The van der Waals surface area contributed by atoms with E-state index in [-0.39, 0.29) is 0 Å². The Bertz CT molecular complexity index is 168. The fraction of sp³-hybridized carbons (Fsp3) is 0.333. The first-order chi connectivity index (χ1) is 3.84. The van der Waals surface area contributed by atoms with E-state index in [0.717, 1.165) is 0 Å². The van der Waals surface area contributed by atoms with Crippen molar-refractivity contribution in [3.05, 3.63) is 6.33 Å². The van der Waals surface area contributed by atoms with Crippen LogP contribution in [0.2, 0.25) is 0 Å². The average Bonchev–Trinajstić information content (AvgIpc) is 2.14. The van der Waals surface area contributed by atoms with Crippen molar-refractivity contribution in [2.24, 2.45) is 12.9 Å². The molecule has 0 amide bonds. The van der Waals surface area contributed by atoms with Crippen molar-refractivity contribution in [2.75, 3.05) is 5.43 Å². The van der Waals surface area contributed by atoms with Gasteiger partial charge in [0, 0.05) is 7.05 Å².